The number of rotatable bonds is 1. The van der Waals surface area contributed by atoms with Crippen LogP contribution < -0.4 is 5.73 Å². The fourth-order valence-electron chi connectivity index (χ4n) is 4.25. The molecule has 2 fully saturated rings. The van der Waals surface area contributed by atoms with E-state index in [0.717, 1.165) is 12.8 Å². The molecule has 118 valence electrons. The number of anilines is 1. The van der Waals surface area contributed by atoms with Crippen molar-refractivity contribution < 1.29 is 15.3 Å². The van der Waals surface area contributed by atoms with E-state index in [1.54, 1.807) is 10.9 Å². The van der Waals surface area contributed by atoms with Crippen LogP contribution in [0, 0.1) is 11.8 Å². The number of imidazole rings is 1. The van der Waals surface area contributed by atoms with Crippen molar-refractivity contribution in [1.82, 2.24) is 19.5 Å². The molecule has 4 rings (SSSR count). The fourth-order valence-corrected chi connectivity index (χ4v) is 4.25. The number of nitrogen functional groups attached to an aromatic ring is 1. The minimum atomic E-state index is -0.962. The average molecular weight is 305 g/mol. The third-order valence-corrected chi connectivity index (χ3v) is 5.22. The molecule has 0 saturated heterocycles. The van der Waals surface area contributed by atoms with E-state index in [1.807, 2.05) is 0 Å². The zero-order valence-electron chi connectivity index (χ0n) is 11.9. The van der Waals surface area contributed by atoms with Crippen molar-refractivity contribution >= 4 is 17.0 Å². The molecule has 0 bridgehead atoms. The van der Waals surface area contributed by atoms with Crippen LogP contribution in [0.25, 0.3) is 11.2 Å². The molecule has 0 spiro atoms. The summed E-state index contributed by atoms with van der Waals surface area (Å²) in [6.07, 6.45) is 2.85. The number of nitrogens with zero attached hydrogens (tertiary/aromatic N) is 4. The second-order valence-corrected chi connectivity index (χ2v) is 6.29. The zero-order valence-corrected chi connectivity index (χ0v) is 11.9. The van der Waals surface area contributed by atoms with E-state index < -0.39 is 18.3 Å². The summed E-state index contributed by atoms with van der Waals surface area (Å²) in [6.45, 7) is 0. The Hall–Kier alpha value is -1.77. The predicted octanol–water partition coefficient (Wildman–Crippen LogP) is -0.538. The Kier molecular flexibility index (Phi) is 3.07. The van der Waals surface area contributed by atoms with Gasteiger partial charge in [0.1, 0.15) is 17.9 Å². The Morgan fingerprint density at radius 2 is 1.91 bits per heavy atom. The normalized spacial score (nSPS) is 38.3. The Labute approximate surface area is 126 Å². The van der Waals surface area contributed by atoms with Crippen molar-refractivity contribution in [2.24, 2.45) is 11.8 Å². The Morgan fingerprint density at radius 1 is 1.09 bits per heavy atom. The maximum absolute atomic E-state index is 10.5. The molecule has 8 nitrogen and oxygen atoms in total. The van der Waals surface area contributed by atoms with Gasteiger partial charge in [0, 0.05) is 5.92 Å². The summed E-state index contributed by atoms with van der Waals surface area (Å²) >= 11 is 0. The van der Waals surface area contributed by atoms with E-state index in [4.69, 9.17) is 5.73 Å². The monoisotopic (exact) mass is 305 g/mol. The summed E-state index contributed by atoms with van der Waals surface area (Å²) in [6, 6.07) is -0.366. The zero-order chi connectivity index (χ0) is 15.4. The second kappa shape index (κ2) is 4.87. The smallest absolute Gasteiger partial charge is 0.165 e. The van der Waals surface area contributed by atoms with Crippen molar-refractivity contribution in [3.8, 4) is 0 Å². The Morgan fingerprint density at radius 3 is 2.73 bits per heavy atom. The quantitative estimate of drug-likeness (QED) is 0.556. The van der Waals surface area contributed by atoms with Gasteiger partial charge in [0.2, 0.25) is 0 Å². The molecular weight excluding hydrogens is 286 g/mol. The van der Waals surface area contributed by atoms with Crippen molar-refractivity contribution in [2.75, 3.05) is 5.73 Å². The third-order valence-electron chi connectivity index (χ3n) is 5.22. The lowest BCUT2D eigenvalue weighted by Gasteiger charge is -2.33. The van der Waals surface area contributed by atoms with E-state index in [0.29, 0.717) is 17.6 Å². The molecule has 2 aliphatic carbocycles. The molecule has 1 unspecified atom stereocenters. The van der Waals surface area contributed by atoms with Crippen LogP contribution in [-0.4, -0.2) is 53.2 Å². The van der Waals surface area contributed by atoms with Crippen molar-refractivity contribution in [3.05, 3.63) is 12.7 Å². The number of fused-ring (bicyclic) bond motifs is 2. The summed E-state index contributed by atoms with van der Waals surface area (Å²) in [5.41, 5.74) is 6.84. The molecule has 8 heteroatoms. The van der Waals surface area contributed by atoms with Crippen LogP contribution in [0.1, 0.15) is 25.3 Å². The van der Waals surface area contributed by atoms with Gasteiger partial charge in [-0.15, -0.1) is 0 Å². The first-order valence-corrected chi connectivity index (χ1v) is 7.57. The predicted molar refractivity (Wildman–Crippen MR) is 77.6 cm³/mol. The maximum Gasteiger partial charge on any atom is 0.165 e. The number of hydrogen-bond acceptors (Lipinski definition) is 7. The molecule has 2 aromatic heterocycles. The van der Waals surface area contributed by atoms with Gasteiger partial charge in [-0.2, -0.15) is 0 Å². The molecule has 6 atom stereocenters. The standard InChI is InChI=1S/C14H19N5O3/c15-13-9-14(17-4-16-13)19(5-18-9)10-6-2-1-3-7(20)8(6)11(21)12(10)22/h4-8,10-12,20-22H,1-3H2,(H2,15,16,17)/t6?,7-,8-,10-,11-,12+/m1/s1. The van der Waals surface area contributed by atoms with Crippen LogP contribution in [0.5, 0.6) is 0 Å². The van der Waals surface area contributed by atoms with Crippen LogP contribution in [0.3, 0.4) is 0 Å². The van der Waals surface area contributed by atoms with Crippen LogP contribution in [0.15, 0.2) is 12.7 Å². The topological polar surface area (TPSA) is 130 Å². The van der Waals surface area contributed by atoms with Gasteiger partial charge in [-0.3, -0.25) is 0 Å². The van der Waals surface area contributed by atoms with E-state index in [-0.39, 0.29) is 23.7 Å². The number of aliphatic hydroxyl groups excluding tert-OH is 3. The minimum absolute atomic E-state index is 0.0117. The summed E-state index contributed by atoms with van der Waals surface area (Å²) in [7, 11) is 0. The van der Waals surface area contributed by atoms with Gasteiger partial charge < -0.3 is 25.6 Å². The van der Waals surface area contributed by atoms with E-state index >= 15 is 0 Å². The molecule has 0 aromatic carbocycles. The van der Waals surface area contributed by atoms with Crippen LogP contribution in [-0.2, 0) is 0 Å². The molecule has 5 N–H and O–H groups in total. The first-order valence-electron chi connectivity index (χ1n) is 7.57. The largest absolute Gasteiger partial charge is 0.393 e. The molecule has 2 saturated carbocycles. The Bertz CT molecular complexity index is 705. The first kappa shape index (κ1) is 13.9. The SMILES string of the molecule is Nc1ncnc2c1ncn2[C@@H]1C2CCC[C@@H](O)[C@@H]2[C@@H](O)[C@H]1O. The summed E-state index contributed by atoms with van der Waals surface area (Å²) in [5, 5.41) is 31.1. The first-order chi connectivity index (χ1) is 10.6. The van der Waals surface area contributed by atoms with Gasteiger partial charge in [0.05, 0.1) is 24.6 Å². The van der Waals surface area contributed by atoms with Gasteiger partial charge in [-0.1, -0.05) is 6.42 Å². The lowest BCUT2D eigenvalue weighted by Crippen LogP contribution is -2.37. The lowest BCUT2D eigenvalue weighted by molar-refractivity contribution is -0.0407. The lowest BCUT2D eigenvalue weighted by atomic mass is 9.77. The number of hydrogen-bond donors (Lipinski definition) is 4. The molecule has 2 aromatic rings. The number of aromatic nitrogens is 4. The van der Waals surface area contributed by atoms with Crippen LogP contribution >= 0.6 is 0 Å². The molecule has 22 heavy (non-hydrogen) atoms. The van der Waals surface area contributed by atoms with Crippen molar-refractivity contribution in [3.63, 3.8) is 0 Å². The van der Waals surface area contributed by atoms with E-state index in [2.05, 4.69) is 15.0 Å². The summed E-state index contributed by atoms with van der Waals surface area (Å²) < 4.78 is 1.77. The number of aliphatic hydroxyl groups is 3. The summed E-state index contributed by atoms with van der Waals surface area (Å²) in [4.78, 5) is 12.4. The molecule has 2 heterocycles. The minimum Gasteiger partial charge on any atom is -0.393 e. The third kappa shape index (κ3) is 1.77. The second-order valence-electron chi connectivity index (χ2n) is 6.29. The fraction of sp³-hybridized carbons (Fsp3) is 0.643. The Balaban J connectivity index is 1.82. The maximum atomic E-state index is 10.5. The van der Waals surface area contributed by atoms with Crippen molar-refractivity contribution in [1.29, 1.82) is 0 Å². The number of nitrogens with two attached hydrogens (primary N) is 1. The van der Waals surface area contributed by atoms with Gasteiger partial charge in [-0.25, -0.2) is 15.0 Å². The van der Waals surface area contributed by atoms with Gasteiger partial charge in [0.25, 0.3) is 0 Å². The highest BCUT2D eigenvalue weighted by atomic mass is 16.3. The van der Waals surface area contributed by atoms with E-state index in [9.17, 15) is 15.3 Å². The van der Waals surface area contributed by atoms with Gasteiger partial charge in [0.15, 0.2) is 11.5 Å². The van der Waals surface area contributed by atoms with Crippen molar-refractivity contribution in [2.45, 2.75) is 43.6 Å². The molecule has 0 amide bonds. The van der Waals surface area contributed by atoms with Gasteiger partial charge >= 0.3 is 0 Å². The van der Waals surface area contributed by atoms with Crippen LogP contribution in [0.2, 0.25) is 0 Å². The van der Waals surface area contributed by atoms with Crippen LogP contribution in [0.4, 0.5) is 5.82 Å². The molecular formula is C14H19N5O3. The van der Waals surface area contributed by atoms with E-state index in [1.165, 1.54) is 6.33 Å². The molecule has 2 aliphatic rings. The highest BCUT2D eigenvalue weighted by molar-refractivity contribution is 5.81. The average Bonchev–Trinajstić information content (AvgIpc) is 3.02. The van der Waals surface area contributed by atoms with Gasteiger partial charge in [-0.05, 0) is 18.8 Å². The highest BCUT2D eigenvalue weighted by Gasteiger charge is 2.54. The highest BCUT2D eigenvalue weighted by Crippen LogP contribution is 2.49. The summed E-state index contributed by atoms with van der Waals surface area (Å²) in [5.74, 6) is -0.0373. The molecule has 0 aliphatic heterocycles. The molecule has 0 radical (unpaired) electrons.